The molecule has 1 N–H and O–H groups in total. The zero-order valence-electron chi connectivity index (χ0n) is 17.5. The number of amides is 1. The van der Waals surface area contributed by atoms with E-state index < -0.39 is 15.9 Å². The smallest absolute Gasteiger partial charge is 0.264 e. The molecule has 0 fully saturated rings. The van der Waals surface area contributed by atoms with E-state index in [1.54, 1.807) is 36.4 Å². The molecular weight excluding hydrogens is 432 g/mol. The van der Waals surface area contributed by atoms with E-state index in [1.165, 1.54) is 12.1 Å². The van der Waals surface area contributed by atoms with E-state index >= 15 is 0 Å². The van der Waals surface area contributed by atoms with Crippen LogP contribution >= 0.6 is 11.6 Å². The molecule has 0 aliphatic heterocycles. The Bertz CT molecular complexity index is 1130. The summed E-state index contributed by atoms with van der Waals surface area (Å²) in [6.45, 7) is 3.90. The van der Waals surface area contributed by atoms with Gasteiger partial charge in [0.15, 0.2) is 0 Å². The van der Waals surface area contributed by atoms with Crippen LogP contribution in [0.4, 0.5) is 5.69 Å². The largest absolute Gasteiger partial charge is 0.354 e. The number of nitrogens with one attached hydrogen (secondary N) is 1. The van der Waals surface area contributed by atoms with E-state index in [4.69, 9.17) is 11.6 Å². The maximum absolute atomic E-state index is 13.4. The molecule has 0 bridgehead atoms. The Morgan fingerprint density at radius 3 is 2.23 bits per heavy atom. The minimum absolute atomic E-state index is 0.0904. The van der Waals surface area contributed by atoms with Gasteiger partial charge < -0.3 is 5.32 Å². The number of halogens is 1. The van der Waals surface area contributed by atoms with E-state index in [-0.39, 0.29) is 28.1 Å². The van der Waals surface area contributed by atoms with Crippen LogP contribution in [0.1, 0.15) is 24.0 Å². The van der Waals surface area contributed by atoms with Gasteiger partial charge in [0.1, 0.15) is 6.54 Å². The molecule has 0 heterocycles. The zero-order valence-corrected chi connectivity index (χ0v) is 19.0. The number of benzene rings is 3. The molecule has 0 aliphatic rings. The van der Waals surface area contributed by atoms with Gasteiger partial charge in [-0.3, -0.25) is 9.10 Å². The molecule has 0 saturated carbocycles. The normalized spacial score (nSPS) is 12.2. The Morgan fingerprint density at radius 1 is 0.968 bits per heavy atom. The molecule has 162 valence electrons. The first-order valence-corrected chi connectivity index (χ1v) is 11.8. The number of nitrogens with zero attached hydrogens (tertiary/aromatic N) is 1. The number of hydrogen-bond donors (Lipinski definition) is 1. The fourth-order valence-electron chi connectivity index (χ4n) is 3.14. The number of hydrogen-bond acceptors (Lipinski definition) is 3. The van der Waals surface area contributed by atoms with Gasteiger partial charge in [0.05, 0.1) is 15.6 Å². The second-order valence-electron chi connectivity index (χ2n) is 7.39. The van der Waals surface area contributed by atoms with Crippen molar-refractivity contribution in [3.05, 3.63) is 95.0 Å². The van der Waals surface area contributed by atoms with Crippen LogP contribution in [0.15, 0.2) is 83.8 Å². The van der Waals surface area contributed by atoms with E-state index in [0.29, 0.717) is 6.54 Å². The van der Waals surface area contributed by atoms with Gasteiger partial charge in [0.2, 0.25) is 5.91 Å². The molecule has 0 radical (unpaired) electrons. The average Bonchev–Trinajstić information content (AvgIpc) is 2.77. The highest BCUT2D eigenvalue weighted by Gasteiger charge is 2.28. The van der Waals surface area contributed by atoms with Crippen LogP contribution in [0, 0.1) is 6.92 Å². The van der Waals surface area contributed by atoms with Gasteiger partial charge in [-0.05, 0) is 42.7 Å². The van der Waals surface area contributed by atoms with E-state index in [1.807, 2.05) is 44.2 Å². The van der Waals surface area contributed by atoms with Gasteiger partial charge in [0.25, 0.3) is 10.0 Å². The van der Waals surface area contributed by atoms with Gasteiger partial charge in [0, 0.05) is 6.54 Å². The lowest BCUT2D eigenvalue weighted by Gasteiger charge is -2.25. The molecule has 5 nitrogen and oxygen atoms in total. The fourth-order valence-corrected chi connectivity index (χ4v) is 4.87. The number of para-hydroxylation sites is 1. The number of rotatable bonds is 8. The molecule has 0 saturated heterocycles. The molecule has 3 aromatic rings. The highest BCUT2D eigenvalue weighted by Crippen LogP contribution is 2.30. The predicted octanol–water partition coefficient (Wildman–Crippen LogP) is 4.76. The first-order valence-electron chi connectivity index (χ1n) is 9.94. The molecule has 31 heavy (non-hydrogen) atoms. The summed E-state index contributed by atoms with van der Waals surface area (Å²) in [4.78, 5) is 12.8. The van der Waals surface area contributed by atoms with Crippen LogP contribution < -0.4 is 9.62 Å². The van der Waals surface area contributed by atoms with Crippen LogP contribution in [-0.2, 0) is 14.8 Å². The molecule has 0 aromatic heterocycles. The molecule has 0 aliphatic carbocycles. The molecule has 7 heteroatoms. The number of anilines is 1. The van der Waals surface area contributed by atoms with Crippen molar-refractivity contribution in [1.29, 1.82) is 0 Å². The van der Waals surface area contributed by atoms with Crippen molar-refractivity contribution in [3.63, 3.8) is 0 Å². The molecule has 3 rings (SSSR count). The summed E-state index contributed by atoms with van der Waals surface area (Å²) in [5.74, 6) is -0.314. The Labute approximate surface area is 188 Å². The maximum Gasteiger partial charge on any atom is 0.264 e. The van der Waals surface area contributed by atoms with E-state index in [0.717, 1.165) is 15.4 Å². The number of aryl methyl sites for hydroxylation is 1. The zero-order chi connectivity index (χ0) is 22.4. The lowest BCUT2D eigenvalue weighted by molar-refractivity contribution is -0.119. The third kappa shape index (κ3) is 5.66. The third-order valence-corrected chi connectivity index (χ3v) is 7.08. The summed E-state index contributed by atoms with van der Waals surface area (Å²) in [6.07, 6.45) is 0. The molecule has 1 atom stereocenters. The van der Waals surface area contributed by atoms with Crippen molar-refractivity contribution in [2.75, 3.05) is 17.4 Å². The van der Waals surface area contributed by atoms with E-state index in [2.05, 4.69) is 5.32 Å². The van der Waals surface area contributed by atoms with Crippen LogP contribution in [0.3, 0.4) is 0 Å². The number of carbonyl (C=O) groups is 1. The Kier molecular flexibility index (Phi) is 7.36. The summed E-state index contributed by atoms with van der Waals surface area (Å²) in [5, 5.41) is 3.10. The summed E-state index contributed by atoms with van der Waals surface area (Å²) in [6, 6.07) is 22.9. The quantitative estimate of drug-likeness (QED) is 0.531. The lowest BCUT2D eigenvalue weighted by Crippen LogP contribution is -2.41. The van der Waals surface area contributed by atoms with Gasteiger partial charge in [-0.25, -0.2) is 8.42 Å². The number of carbonyl (C=O) groups excluding carboxylic acids is 1. The van der Waals surface area contributed by atoms with E-state index in [9.17, 15) is 13.2 Å². The SMILES string of the molecule is Cc1ccc(S(=O)(=O)N(CC(=O)NC[C@H](C)c2ccccc2)c2ccccc2Cl)cc1. The van der Waals surface area contributed by atoms with Crippen LogP contribution in [-0.4, -0.2) is 27.4 Å². The van der Waals surface area contributed by atoms with Crippen LogP contribution in [0.5, 0.6) is 0 Å². The lowest BCUT2D eigenvalue weighted by atomic mass is 10.0. The number of sulfonamides is 1. The van der Waals surface area contributed by atoms with Gasteiger partial charge in [-0.15, -0.1) is 0 Å². The molecule has 0 spiro atoms. The van der Waals surface area contributed by atoms with Gasteiger partial charge >= 0.3 is 0 Å². The fraction of sp³-hybridized carbons (Fsp3) is 0.208. The second kappa shape index (κ2) is 9.98. The monoisotopic (exact) mass is 456 g/mol. The second-order valence-corrected chi connectivity index (χ2v) is 9.66. The van der Waals surface area contributed by atoms with Crippen molar-refractivity contribution in [2.24, 2.45) is 0 Å². The molecule has 3 aromatic carbocycles. The van der Waals surface area contributed by atoms with Crippen molar-refractivity contribution in [2.45, 2.75) is 24.7 Å². The van der Waals surface area contributed by atoms with Crippen molar-refractivity contribution in [3.8, 4) is 0 Å². The van der Waals surface area contributed by atoms with Crippen molar-refractivity contribution in [1.82, 2.24) is 5.32 Å². The molecule has 0 unspecified atom stereocenters. The standard InChI is InChI=1S/C24H25ClN2O3S/c1-18-12-14-21(15-13-18)31(29,30)27(23-11-7-6-10-22(23)25)17-24(28)26-16-19(2)20-8-4-3-5-9-20/h3-15,19H,16-17H2,1-2H3,(H,26,28)/t19-/m0/s1. The Morgan fingerprint density at radius 2 is 1.58 bits per heavy atom. The molecular formula is C24H25ClN2O3S. The minimum Gasteiger partial charge on any atom is -0.354 e. The van der Waals surface area contributed by atoms with Crippen LogP contribution in [0.2, 0.25) is 5.02 Å². The summed E-state index contributed by atoms with van der Waals surface area (Å²) >= 11 is 6.29. The third-order valence-electron chi connectivity index (χ3n) is 4.99. The van der Waals surface area contributed by atoms with Crippen molar-refractivity contribution < 1.29 is 13.2 Å². The summed E-state index contributed by atoms with van der Waals surface area (Å²) in [7, 11) is -3.99. The first-order chi connectivity index (χ1) is 14.8. The Hall–Kier alpha value is -2.83. The predicted molar refractivity (Wildman–Crippen MR) is 125 cm³/mol. The topological polar surface area (TPSA) is 66.5 Å². The maximum atomic E-state index is 13.4. The molecule has 1 amide bonds. The minimum atomic E-state index is -3.99. The van der Waals surface area contributed by atoms with Crippen LogP contribution in [0.25, 0.3) is 0 Å². The Balaban J connectivity index is 1.83. The van der Waals surface area contributed by atoms with Gasteiger partial charge in [-0.2, -0.15) is 0 Å². The highest BCUT2D eigenvalue weighted by atomic mass is 35.5. The summed E-state index contributed by atoms with van der Waals surface area (Å²) < 4.78 is 27.8. The first kappa shape index (κ1) is 22.8. The highest BCUT2D eigenvalue weighted by molar-refractivity contribution is 7.92. The van der Waals surface area contributed by atoms with Crippen molar-refractivity contribution >= 4 is 33.2 Å². The summed E-state index contributed by atoms with van der Waals surface area (Å²) in [5.41, 5.74) is 2.30. The van der Waals surface area contributed by atoms with Gasteiger partial charge in [-0.1, -0.05) is 78.7 Å². The average molecular weight is 457 g/mol.